The summed E-state index contributed by atoms with van der Waals surface area (Å²) in [6.07, 6.45) is 0. The quantitative estimate of drug-likeness (QED) is 0.689. The maximum atomic E-state index is 10.7. The Balaban J connectivity index is 3.38. The third-order valence-corrected chi connectivity index (χ3v) is 1.74. The monoisotopic (exact) mass is 165 g/mol. The zero-order valence-corrected chi connectivity index (χ0v) is 7.38. The number of carboxylic acid groups (broad SMARTS) is 1. The second-order valence-electron chi connectivity index (χ2n) is 2.85. The largest absolute Gasteiger partial charge is 0.478 e. The number of aryl methyl sites for hydroxylation is 3. The minimum atomic E-state index is -0.905. The van der Waals surface area contributed by atoms with Gasteiger partial charge < -0.3 is 5.11 Å². The first-order valence-electron chi connectivity index (χ1n) is 3.70. The molecule has 0 radical (unpaired) electrons. The van der Waals surface area contributed by atoms with E-state index < -0.39 is 5.97 Å². The molecule has 12 heavy (non-hydrogen) atoms. The molecule has 0 aliphatic carbocycles. The fourth-order valence-electron chi connectivity index (χ4n) is 1.35. The van der Waals surface area contributed by atoms with E-state index in [9.17, 15) is 4.79 Å². The van der Waals surface area contributed by atoms with Crippen LogP contribution >= 0.6 is 0 Å². The second-order valence-corrected chi connectivity index (χ2v) is 2.85. The van der Waals surface area contributed by atoms with Gasteiger partial charge in [-0.2, -0.15) is 0 Å². The van der Waals surface area contributed by atoms with Crippen LogP contribution in [-0.4, -0.2) is 16.1 Å². The average Bonchev–Trinajstić information content (AvgIpc) is 1.82. The lowest BCUT2D eigenvalue weighted by Gasteiger charge is -2.04. The van der Waals surface area contributed by atoms with Crippen molar-refractivity contribution >= 4 is 5.97 Å². The van der Waals surface area contributed by atoms with E-state index in [1.165, 1.54) is 0 Å². The first-order chi connectivity index (χ1) is 5.52. The van der Waals surface area contributed by atoms with Crippen LogP contribution in [0.3, 0.4) is 0 Å². The van der Waals surface area contributed by atoms with Crippen LogP contribution < -0.4 is 0 Å². The molecule has 3 heteroatoms. The van der Waals surface area contributed by atoms with Crippen molar-refractivity contribution in [1.82, 2.24) is 4.98 Å². The highest BCUT2D eigenvalue weighted by atomic mass is 16.4. The Morgan fingerprint density at radius 3 is 2.42 bits per heavy atom. The second kappa shape index (κ2) is 2.93. The molecule has 0 atom stereocenters. The summed E-state index contributed by atoms with van der Waals surface area (Å²) in [6.45, 7) is 5.35. The molecule has 1 N–H and O–H groups in total. The predicted molar refractivity (Wildman–Crippen MR) is 45.4 cm³/mol. The van der Waals surface area contributed by atoms with Gasteiger partial charge in [-0.15, -0.1) is 0 Å². The zero-order valence-electron chi connectivity index (χ0n) is 7.38. The summed E-state index contributed by atoms with van der Waals surface area (Å²) in [6, 6.07) is 1.77. The fourth-order valence-corrected chi connectivity index (χ4v) is 1.35. The lowest BCUT2D eigenvalue weighted by molar-refractivity contribution is 0.0695. The van der Waals surface area contributed by atoms with Crippen LogP contribution in [0, 0.1) is 20.8 Å². The molecule has 1 aromatic heterocycles. The van der Waals surface area contributed by atoms with Crippen LogP contribution in [0.5, 0.6) is 0 Å². The van der Waals surface area contributed by atoms with Crippen molar-refractivity contribution in [2.45, 2.75) is 20.8 Å². The van der Waals surface area contributed by atoms with Crippen molar-refractivity contribution in [2.75, 3.05) is 0 Å². The Morgan fingerprint density at radius 2 is 2.00 bits per heavy atom. The minimum absolute atomic E-state index is 0.320. The lowest BCUT2D eigenvalue weighted by Crippen LogP contribution is -2.05. The number of hydrogen-bond acceptors (Lipinski definition) is 2. The Kier molecular flexibility index (Phi) is 2.13. The van der Waals surface area contributed by atoms with Crippen molar-refractivity contribution < 1.29 is 9.90 Å². The number of nitrogens with zero attached hydrogens (tertiary/aromatic N) is 1. The normalized spacial score (nSPS) is 9.92. The maximum absolute atomic E-state index is 10.7. The first-order valence-corrected chi connectivity index (χ1v) is 3.70. The van der Waals surface area contributed by atoms with Crippen LogP contribution in [0.4, 0.5) is 0 Å². The fraction of sp³-hybridized carbons (Fsp3) is 0.333. The summed E-state index contributed by atoms with van der Waals surface area (Å²) in [5.41, 5.74) is 2.53. The smallest absolute Gasteiger partial charge is 0.337 e. The molecule has 3 nitrogen and oxygen atoms in total. The van der Waals surface area contributed by atoms with Crippen LogP contribution in [0.2, 0.25) is 0 Å². The molecule has 0 aromatic carbocycles. The van der Waals surface area contributed by atoms with Gasteiger partial charge in [-0.1, -0.05) is 0 Å². The molecule has 0 saturated heterocycles. The molecule has 0 bridgehead atoms. The Bertz CT molecular complexity index is 308. The van der Waals surface area contributed by atoms with Gasteiger partial charge in [0.25, 0.3) is 0 Å². The van der Waals surface area contributed by atoms with E-state index in [0.717, 1.165) is 11.3 Å². The Morgan fingerprint density at radius 1 is 1.42 bits per heavy atom. The molecule has 0 amide bonds. The summed E-state index contributed by atoms with van der Waals surface area (Å²) < 4.78 is 0. The van der Waals surface area contributed by atoms with Gasteiger partial charge in [0.1, 0.15) is 0 Å². The van der Waals surface area contributed by atoms with E-state index in [-0.39, 0.29) is 0 Å². The van der Waals surface area contributed by atoms with Gasteiger partial charge in [0, 0.05) is 5.69 Å². The summed E-state index contributed by atoms with van der Waals surface area (Å²) in [5.74, 6) is -0.905. The third-order valence-electron chi connectivity index (χ3n) is 1.74. The van der Waals surface area contributed by atoms with Crippen LogP contribution in [0.1, 0.15) is 27.3 Å². The molecule has 0 aliphatic rings. The summed E-state index contributed by atoms with van der Waals surface area (Å²) >= 11 is 0. The van der Waals surface area contributed by atoms with Gasteiger partial charge in [0.2, 0.25) is 0 Å². The third kappa shape index (κ3) is 1.44. The van der Waals surface area contributed by atoms with Crippen molar-refractivity contribution in [2.24, 2.45) is 0 Å². The molecule has 0 saturated carbocycles. The number of pyridine rings is 1. The molecule has 64 valence electrons. The van der Waals surface area contributed by atoms with E-state index >= 15 is 0 Å². The van der Waals surface area contributed by atoms with Gasteiger partial charge in [-0.3, -0.25) is 4.98 Å². The van der Waals surface area contributed by atoms with Crippen molar-refractivity contribution in [1.29, 1.82) is 0 Å². The van der Waals surface area contributed by atoms with Crippen LogP contribution in [0.15, 0.2) is 6.07 Å². The van der Waals surface area contributed by atoms with Gasteiger partial charge >= 0.3 is 5.97 Å². The Hall–Kier alpha value is -1.38. The van der Waals surface area contributed by atoms with Gasteiger partial charge in [-0.25, -0.2) is 4.79 Å². The van der Waals surface area contributed by atoms with Crippen molar-refractivity contribution in [3.8, 4) is 0 Å². The summed E-state index contributed by atoms with van der Waals surface area (Å²) in [4.78, 5) is 14.8. The molecular weight excluding hydrogens is 154 g/mol. The molecule has 0 fully saturated rings. The SMILES string of the molecule is Cc1cc(C)c(C(=O)O)c(C)n1. The molecule has 0 unspecified atom stereocenters. The summed E-state index contributed by atoms with van der Waals surface area (Å²) in [7, 11) is 0. The number of hydrogen-bond donors (Lipinski definition) is 1. The number of aromatic nitrogens is 1. The number of carboxylic acids is 1. The van der Waals surface area contributed by atoms with Crippen LogP contribution in [0.25, 0.3) is 0 Å². The average molecular weight is 165 g/mol. The summed E-state index contributed by atoms with van der Waals surface area (Å²) in [5, 5.41) is 8.80. The molecule has 1 rings (SSSR count). The van der Waals surface area contributed by atoms with E-state index in [1.807, 2.05) is 6.92 Å². The van der Waals surface area contributed by atoms with Crippen molar-refractivity contribution in [3.63, 3.8) is 0 Å². The van der Waals surface area contributed by atoms with E-state index in [0.29, 0.717) is 11.3 Å². The molecular formula is C9H11NO2. The Labute approximate surface area is 71.1 Å². The number of carbonyl (C=O) groups is 1. The van der Waals surface area contributed by atoms with Gasteiger partial charge in [0.15, 0.2) is 0 Å². The van der Waals surface area contributed by atoms with E-state index in [2.05, 4.69) is 4.98 Å². The highest BCUT2D eigenvalue weighted by molar-refractivity contribution is 5.90. The topological polar surface area (TPSA) is 50.2 Å². The van der Waals surface area contributed by atoms with E-state index in [1.54, 1.807) is 19.9 Å². The number of rotatable bonds is 1. The maximum Gasteiger partial charge on any atom is 0.337 e. The van der Waals surface area contributed by atoms with Gasteiger partial charge in [0.05, 0.1) is 11.3 Å². The van der Waals surface area contributed by atoms with Crippen molar-refractivity contribution in [3.05, 3.63) is 28.6 Å². The highest BCUT2D eigenvalue weighted by Gasteiger charge is 2.11. The molecule has 0 aliphatic heterocycles. The molecule has 1 aromatic rings. The number of aromatic carboxylic acids is 1. The predicted octanol–water partition coefficient (Wildman–Crippen LogP) is 1.71. The molecule has 0 spiro atoms. The standard InChI is InChI=1S/C9H11NO2/c1-5-4-6(2)10-7(3)8(5)9(11)12/h4H,1-3H3,(H,11,12). The van der Waals surface area contributed by atoms with E-state index in [4.69, 9.17) is 5.11 Å². The zero-order chi connectivity index (χ0) is 9.30. The van der Waals surface area contributed by atoms with Crippen LogP contribution in [-0.2, 0) is 0 Å². The lowest BCUT2D eigenvalue weighted by atomic mass is 10.1. The highest BCUT2D eigenvalue weighted by Crippen LogP contribution is 2.12. The minimum Gasteiger partial charge on any atom is -0.478 e. The molecule has 1 heterocycles. The first kappa shape index (κ1) is 8.71. The van der Waals surface area contributed by atoms with Gasteiger partial charge in [-0.05, 0) is 32.4 Å².